The Balaban J connectivity index is 2.13. The maximum atomic E-state index is 12.3. The number of alkyl halides is 2. The molecule has 106 valence electrons. The van der Waals surface area contributed by atoms with E-state index in [2.05, 4.69) is 4.74 Å². The summed E-state index contributed by atoms with van der Waals surface area (Å²) in [5, 5.41) is 10.00. The second-order valence-electron chi connectivity index (χ2n) is 4.89. The van der Waals surface area contributed by atoms with Gasteiger partial charge >= 0.3 is 12.6 Å². The standard InChI is InChI=1S/C14H13F2NO3/c15-14(16)20-10-5-4-8-6-12(13(18)19)17(11(8)7-10)9-2-1-3-9/h4-7,9,14H,1-3H2,(H,18,19). The Hall–Kier alpha value is -2.11. The second-order valence-corrected chi connectivity index (χ2v) is 4.89. The lowest BCUT2D eigenvalue weighted by molar-refractivity contribution is -0.0497. The zero-order valence-corrected chi connectivity index (χ0v) is 10.6. The quantitative estimate of drug-likeness (QED) is 0.930. The highest BCUT2D eigenvalue weighted by Crippen LogP contribution is 2.37. The lowest BCUT2D eigenvalue weighted by Gasteiger charge is -2.29. The van der Waals surface area contributed by atoms with Crippen molar-refractivity contribution >= 4 is 16.9 Å². The van der Waals surface area contributed by atoms with Crippen LogP contribution in [0.2, 0.25) is 0 Å². The Morgan fingerprint density at radius 2 is 2.10 bits per heavy atom. The summed E-state index contributed by atoms with van der Waals surface area (Å²) in [6.45, 7) is -2.89. The predicted octanol–water partition coefficient (Wildman–Crippen LogP) is 3.67. The number of aromatic carboxylic acids is 1. The molecule has 0 saturated heterocycles. The van der Waals surface area contributed by atoms with Gasteiger partial charge in [-0.15, -0.1) is 0 Å². The number of carboxylic acids is 1. The van der Waals surface area contributed by atoms with Crippen molar-refractivity contribution in [3.63, 3.8) is 0 Å². The minimum Gasteiger partial charge on any atom is -0.477 e. The molecule has 1 aliphatic carbocycles. The lowest BCUT2D eigenvalue weighted by atomic mass is 9.92. The van der Waals surface area contributed by atoms with Crippen LogP contribution in [0.5, 0.6) is 5.75 Å². The molecule has 1 aromatic carbocycles. The van der Waals surface area contributed by atoms with E-state index in [4.69, 9.17) is 0 Å². The highest BCUT2D eigenvalue weighted by Gasteiger charge is 2.26. The Morgan fingerprint density at radius 1 is 1.35 bits per heavy atom. The molecular weight excluding hydrogens is 268 g/mol. The fourth-order valence-corrected chi connectivity index (χ4v) is 2.58. The topological polar surface area (TPSA) is 51.5 Å². The SMILES string of the molecule is O=C(O)c1cc2ccc(OC(F)F)cc2n1C1CCC1. The maximum absolute atomic E-state index is 12.3. The van der Waals surface area contributed by atoms with E-state index in [1.807, 2.05) is 0 Å². The van der Waals surface area contributed by atoms with Gasteiger partial charge in [0.2, 0.25) is 0 Å². The van der Waals surface area contributed by atoms with Crippen LogP contribution in [0.25, 0.3) is 10.9 Å². The highest BCUT2D eigenvalue weighted by molar-refractivity contribution is 5.95. The van der Waals surface area contributed by atoms with Crippen LogP contribution in [0.1, 0.15) is 35.8 Å². The van der Waals surface area contributed by atoms with Crippen molar-refractivity contribution in [3.05, 3.63) is 30.0 Å². The first-order valence-corrected chi connectivity index (χ1v) is 6.39. The molecule has 0 amide bonds. The van der Waals surface area contributed by atoms with Gasteiger partial charge in [0.05, 0.1) is 5.52 Å². The average molecular weight is 281 g/mol. The molecule has 1 heterocycles. The van der Waals surface area contributed by atoms with Gasteiger partial charge < -0.3 is 14.4 Å². The average Bonchev–Trinajstić information content (AvgIpc) is 2.66. The molecule has 0 aliphatic heterocycles. The molecule has 1 N–H and O–H groups in total. The van der Waals surface area contributed by atoms with Crippen molar-refractivity contribution in [1.29, 1.82) is 0 Å². The summed E-state index contributed by atoms with van der Waals surface area (Å²) in [6.07, 6.45) is 2.87. The van der Waals surface area contributed by atoms with E-state index in [0.29, 0.717) is 5.52 Å². The molecule has 0 spiro atoms. The number of rotatable bonds is 4. The molecule has 0 unspecified atom stereocenters. The predicted molar refractivity (Wildman–Crippen MR) is 68.4 cm³/mol. The van der Waals surface area contributed by atoms with E-state index in [0.717, 1.165) is 24.6 Å². The molecule has 3 rings (SSSR count). The summed E-state index contributed by atoms with van der Waals surface area (Å²) in [5.41, 5.74) is 0.823. The molecule has 1 saturated carbocycles. The van der Waals surface area contributed by atoms with Gasteiger partial charge in [-0.05, 0) is 37.5 Å². The van der Waals surface area contributed by atoms with Gasteiger partial charge in [-0.25, -0.2) is 4.79 Å². The van der Waals surface area contributed by atoms with Gasteiger partial charge in [0.1, 0.15) is 11.4 Å². The fraction of sp³-hybridized carbons (Fsp3) is 0.357. The number of aromatic nitrogens is 1. The number of nitrogens with zero attached hydrogens (tertiary/aromatic N) is 1. The summed E-state index contributed by atoms with van der Waals surface area (Å²) < 4.78 is 30.6. The summed E-state index contributed by atoms with van der Waals surface area (Å²) in [4.78, 5) is 11.3. The molecule has 0 atom stereocenters. The van der Waals surface area contributed by atoms with E-state index < -0.39 is 12.6 Å². The van der Waals surface area contributed by atoms with Gasteiger partial charge in [-0.1, -0.05) is 0 Å². The molecule has 1 aromatic heterocycles. The molecule has 6 heteroatoms. The number of hydrogen-bond donors (Lipinski definition) is 1. The van der Waals surface area contributed by atoms with Gasteiger partial charge in [-0.2, -0.15) is 8.78 Å². The van der Waals surface area contributed by atoms with Crippen molar-refractivity contribution in [2.75, 3.05) is 0 Å². The number of benzene rings is 1. The molecule has 20 heavy (non-hydrogen) atoms. The first-order valence-electron chi connectivity index (χ1n) is 6.39. The van der Waals surface area contributed by atoms with Crippen LogP contribution in [-0.4, -0.2) is 22.3 Å². The van der Waals surface area contributed by atoms with Crippen molar-refractivity contribution < 1.29 is 23.4 Å². The molecule has 0 bridgehead atoms. The third kappa shape index (κ3) is 2.11. The Bertz CT molecular complexity index is 662. The Labute approximate surface area is 113 Å². The van der Waals surface area contributed by atoms with Crippen molar-refractivity contribution in [3.8, 4) is 5.75 Å². The summed E-state index contributed by atoms with van der Waals surface area (Å²) in [7, 11) is 0. The molecule has 4 nitrogen and oxygen atoms in total. The number of carboxylic acid groups (broad SMARTS) is 1. The molecular formula is C14H13F2NO3. The van der Waals surface area contributed by atoms with Crippen LogP contribution in [-0.2, 0) is 0 Å². The number of hydrogen-bond acceptors (Lipinski definition) is 2. The van der Waals surface area contributed by atoms with Crippen LogP contribution in [0, 0.1) is 0 Å². The second kappa shape index (κ2) is 4.77. The summed E-state index contributed by atoms with van der Waals surface area (Å²) in [5.74, 6) is -0.965. The van der Waals surface area contributed by atoms with Gasteiger partial charge in [-0.3, -0.25) is 0 Å². The van der Waals surface area contributed by atoms with Gasteiger partial charge in [0.25, 0.3) is 0 Å². The van der Waals surface area contributed by atoms with Gasteiger partial charge in [0, 0.05) is 17.5 Å². The number of halogens is 2. The summed E-state index contributed by atoms with van der Waals surface area (Å²) in [6, 6.07) is 6.20. The van der Waals surface area contributed by atoms with E-state index in [9.17, 15) is 18.7 Å². The van der Waals surface area contributed by atoms with E-state index in [1.54, 1.807) is 16.7 Å². The highest BCUT2D eigenvalue weighted by atomic mass is 19.3. The van der Waals surface area contributed by atoms with E-state index >= 15 is 0 Å². The van der Waals surface area contributed by atoms with Crippen molar-refractivity contribution in [2.45, 2.75) is 31.9 Å². The fourth-order valence-electron chi connectivity index (χ4n) is 2.58. The summed E-state index contributed by atoms with van der Waals surface area (Å²) >= 11 is 0. The van der Waals surface area contributed by atoms with E-state index in [1.165, 1.54) is 12.1 Å². The van der Waals surface area contributed by atoms with Crippen LogP contribution < -0.4 is 4.74 Å². The Morgan fingerprint density at radius 3 is 2.65 bits per heavy atom. The largest absolute Gasteiger partial charge is 0.477 e. The number of carbonyl (C=O) groups is 1. The van der Waals surface area contributed by atoms with Crippen LogP contribution >= 0.6 is 0 Å². The zero-order valence-electron chi connectivity index (χ0n) is 10.6. The molecule has 0 radical (unpaired) electrons. The van der Waals surface area contributed by atoms with Gasteiger partial charge in [0.15, 0.2) is 0 Å². The normalized spacial score (nSPS) is 15.6. The number of ether oxygens (including phenoxy) is 1. The number of fused-ring (bicyclic) bond motifs is 1. The van der Waals surface area contributed by atoms with Crippen molar-refractivity contribution in [2.24, 2.45) is 0 Å². The zero-order chi connectivity index (χ0) is 14.3. The van der Waals surface area contributed by atoms with Crippen molar-refractivity contribution in [1.82, 2.24) is 4.57 Å². The third-order valence-electron chi connectivity index (χ3n) is 3.70. The van der Waals surface area contributed by atoms with Crippen LogP contribution in [0.15, 0.2) is 24.3 Å². The molecule has 1 fully saturated rings. The minimum atomic E-state index is -2.89. The van der Waals surface area contributed by atoms with E-state index in [-0.39, 0.29) is 17.5 Å². The minimum absolute atomic E-state index is 0.0445. The Kier molecular flexibility index (Phi) is 3.08. The van der Waals surface area contributed by atoms with Crippen LogP contribution in [0.4, 0.5) is 8.78 Å². The third-order valence-corrected chi connectivity index (χ3v) is 3.70. The smallest absolute Gasteiger partial charge is 0.387 e. The first-order chi connectivity index (χ1) is 9.56. The maximum Gasteiger partial charge on any atom is 0.387 e. The van der Waals surface area contributed by atoms with Crippen LogP contribution in [0.3, 0.4) is 0 Å². The first kappa shape index (κ1) is 12.9. The lowest BCUT2D eigenvalue weighted by Crippen LogP contribution is -2.20. The molecule has 1 aliphatic rings. The monoisotopic (exact) mass is 281 g/mol. The molecule has 2 aromatic rings.